The molecule has 0 aromatic heterocycles. The molecule has 5 nitrogen and oxygen atoms in total. The number of hydrogen-bond donors (Lipinski definition) is 1. The maximum Gasteiger partial charge on any atom is 0.248 e. The van der Waals surface area contributed by atoms with E-state index < -0.39 is 10.0 Å². The van der Waals surface area contributed by atoms with Gasteiger partial charge in [0.25, 0.3) is 0 Å². The average molecular weight is 433 g/mol. The molecule has 0 radical (unpaired) electrons. The monoisotopic (exact) mass is 432 g/mol. The number of amides is 1. The molecule has 154 valence electrons. The highest BCUT2D eigenvalue weighted by atomic mass is 35.5. The fraction of sp³-hybridized carbons (Fsp3) is 0.318. The maximum atomic E-state index is 12.5. The Morgan fingerprint density at radius 2 is 1.86 bits per heavy atom. The molecule has 3 rings (SSSR count). The summed E-state index contributed by atoms with van der Waals surface area (Å²) in [5, 5.41) is 3.61. The number of hydrogen-bond acceptors (Lipinski definition) is 3. The molecule has 0 saturated carbocycles. The fourth-order valence-electron chi connectivity index (χ4n) is 3.48. The van der Waals surface area contributed by atoms with E-state index in [1.54, 1.807) is 30.3 Å². The fourth-order valence-corrected chi connectivity index (χ4v) is 5.34. The second kappa shape index (κ2) is 9.01. The van der Waals surface area contributed by atoms with Gasteiger partial charge in [-0.25, -0.2) is 8.42 Å². The van der Waals surface area contributed by atoms with Gasteiger partial charge in [0.2, 0.25) is 15.9 Å². The minimum absolute atomic E-state index is 0.192. The van der Waals surface area contributed by atoms with E-state index >= 15 is 0 Å². The molecule has 1 N–H and O–H groups in total. The van der Waals surface area contributed by atoms with E-state index in [1.165, 1.54) is 10.4 Å². The van der Waals surface area contributed by atoms with Gasteiger partial charge >= 0.3 is 0 Å². The van der Waals surface area contributed by atoms with Gasteiger partial charge in [-0.1, -0.05) is 43.6 Å². The number of aryl methyl sites for hydroxylation is 1. The van der Waals surface area contributed by atoms with Gasteiger partial charge < -0.3 is 5.32 Å². The van der Waals surface area contributed by atoms with E-state index in [1.807, 2.05) is 26.0 Å². The molecule has 0 aliphatic carbocycles. The summed E-state index contributed by atoms with van der Waals surface area (Å²) in [6.07, 6.45) is 5.35. The first-order chi connectivity index (χ1) is 13.9. The van der Waals surface area contributed by atoms with Crippen LogP contribution in [0.25, 0.3) is 6.08 Å². The lowest BCUT2D eigenvalue weighted by Crippen LogP contribution is -2.24. The van der Waals surface area contributed by atoms with E-state index in [-0.39, 0.29) is 11.7 Å². The lowest BCUT2D eigenvalue weighted by molar-refractivity contribution is -0.111. The predicted molar refractivity (Wildman–Crippen MR) is 120 cm³/mol. The predicted octanol–water partition coefficient (Wildman–Crippen LogP) is 4.66. The molecule has 7 heteroatoms. The SMILES string of the molecule is CCc1ccc(Cl)c(CC)c1NC(=O)/C=C/c1ccc(N2CCCS2(=O)=O)cc1. The first kappa shape index (κ1) is 21.4. The molecule has 1 aliphatic rings. The molecule has 0 spiro atoms. The Morgan fingerprint density at radius 3 is 2.45 bits per heavy atom. The summed E-state index contributed by atoms with van der Waals surface area (Å²) in [7, 11) is -3.19. The first-order valence-corrected chi connectivity index (χ1v) is 11.7. The summed E-state index contributed by atoms with van der Waals surface area (Å²) in [4.78, 5) is 12.5. The first-order valence-electron chi connectivity index (χ1n) is 9.75. The number of nitrogens with one attached hydrogen (secondary N) is 1. The molecule has 0 atom stereocenters. The standard InChI is InChI=1S/C22H25ClN2O3S/c1-3-17-9-12-20(23)19(4-2)22(17)24-21(26)13-8-16-6-10-18(11-7-16)25-14-5-15-29(25,27)28/h6-13H,3-5,14-15H2,1-2H3,(H,24,26)/b13-8+. The Balaban J connectivity index is 1.73. The Hall–Kier alpha value is -2.31. The smallest absolute Gasteiger partial charge is 0.248 e. The van der Waals surface area contributed by atoms with Crippen LogP contribution in [0.5, 0.6) is 0 Å². The number of sulfonamides is 1. The van der Waals surface area contributed by atoms with E-state index in [9.17, 15) is 13.2 Å². The van der Waals surface area contributed by atoms with Crippen LogP contribution < -0.4 is 9.62 Å². The summed E-state index contributed by atoms with van der Waals surface area (Å²) in [5.74, 6) is -0.0412. The van der Waals surface area contributed by atoms with Crippen LogP contribution in [-0.2, 0) is 27.7 Å². The number of nitrogens with zero attached hydrogens (tertiary/aromatic N) is 1. The summed E-state index contributed by atoms with van der Waals surface area (Å²) >= 11 is 6.29. The highest BCUT2D eigenvalue weighted by Crippen LogP contribution is 2.29. The highest BCUT2D eigenvalue weighted by Gasteiger charge is 2.28. The molecule has 1 amide bonds. The largest absolute Gasteiger partial charge is 0.322 e. The van der Waals surface area contributed by atoms with Crippen LogP contribution in [0.15, 0.2) is 42.5 Å². The van der Waals surface area contributed by atoms with Crippen LogP contribution in [0.1, 0.15) is 37.0 Å². The molecule has 1 heterocycles. The normalized spacial score (nSPS) is 15.8. The van der Waals surface area contributed by atoms with Crippen molar-refractivity contribution in [2.24, 2.45) is 0 Å². The van der Waals surface area contributed by atoms with Crippen LogP contribution in [0.2, 0.25) is 5.02 Å². The van der Waals surface area contributed by atoms with Crippen molar-refractivity contribution >= 4 is 45.0 Å². The van der Waals surface area contributed by atoms with Crippen molar-refractivity contribution < 1.29 is 13.2 Å². The molecule has 29 heavy (non-hydrogen) atoms. The van der Waals surface area contributed by atoms with Gasteiger partial charge in [-0.2, -0.15) is 0 Å². The Morgan fingerprint density at radius 1 is 1.14 bits per heavy atom. The summed E-state index contributed by atoms with van der Waals surface area (Å²) in [6, 6.07) is 10.9. The van der Waals surface area contributed by atoms with Crippen LogP contribution >= 0.6 is 11.6 Å². The van der Waals surface area contributed by atoms with Crippen LogP contribution in [0, 0.1) is 0 Å². The van der Waals surface area contributed by atoms with E-state index in [0.29, 0.717) is 23.7 Å². The number of rotatable bonds is 6. The summed E-state index contributed by atoms with van der Waals surface area (Å²) in [6.45, 7) is 4.56. The zero-order valence-corrected chi connectivity index (χ0v) is 18.2. The van der Waals surface area contributed by atoms with E-state index in [2.05, 4.69) is 5.32 Å². The second-order valence-corrected chi connectivity index (χ2v) is 9.34. The van der Waals surface area contributed by atoms with Gasteiger partial charge in [0.15, 0.2) is 0 Å². The van der Waals surface area contributed by atoms with Crippen molar-refractivity contribution in [3.63, 3.8) is 0 Å². The zero-order chi connectivity index (χ0) is 21.0. The summed E-state index contributed by atoms with van der Waals surface area (Å²) < 4.78 is 25.5. The minimum atomic E-state index is -3.19. The third-order valence-electron chi connectivity index (χ3n) is 5.03. The Labute approximate surface area is 177 Å². The molecular formula is C22H25ClN2O3S. The van der Waals surface area contributed by atoms with Gasteiger partial charge in [-0.3, -0.25) is 9.10 Å². The molecule has 1 fully saturated rings. The van der Waals surface area contributed by atoms with Gasteiger partial charge in [0, 0.05) is 23.3 Å². The molecule has 0 unspecified atom stereocenters. The number of anilines is 2. The minimum Gasteiger partial charge on any atom is -0.322 e. The second-order valence-electron chi connectivity index (χ2n) is 6.92. The summed E-state index contributed by atoms with van der Waals surface area (Å²) in [5.41, 5.74) is 4.24. The van der Waals surface area contributed by atoms with Gasteiger partial charge in [-0.05, 0) is 60.2 Å². The van der Waals surface area contributed by atoms with E-state index in [0.717, 1.165) is 35.2 Å². The third kappa shape index (κ3) is 4.82. The quantitative estimate of drug-likeness (QED) is 0.675. The number of benzene rings is 2. The third-order valence-corrected chi connectivity index (χ3v) is 7.26. The van der Waals surface area contributed by atoms with Crippen molar-refractivity contribution in [2.75, 3.05) is 21.9 Å². The topological polar surface area (TPSA) is 66.5 Å². The number of carbonyl (C=O) groups is 1. The van der Waals surface area contributed by atoms with E-state index in [4.69, 9.17) is 11.6 Å². The van der Waals surface area contributed by atoms with Gasteiger partial charge in [-0.15, -0.1) is 0 Å². The molecule has 1 saturated heterocycles. The molecule has 1 aliphatic heterocycles. The Bertz CT molecular complexity index is 1030. The van der Waals surface area contributed by atoms with Crippen LogP contribution in [0.4, 0.5) is 11.4 Å². The molecule has 2 aromatic rings. The van der Waals surface area contributed by atoms with Gasteiger partial charge in [0.05, 0.1) is 11.4 Å². The average Bonchev–Trinajstić information content (AvgIpc) is 3.06. The Kier molecular flexibility index (Phi) is 6.65. The zero-order valence-electron chi connectivity index (χ0n) is 16.6. The lowest BCUT2D eigenvalue weighted by Gasteiger charge is -2.16. The van der Waals surface area contributed by atoms with Gasteiger partial charge in [0.1, 0.15) is 0 Å². The van der Waals surface area contributed by atoms with Crippen molar-refractivity contribution in [3.05, 3.63) is 64.2 Å². The van der Waals surface area contributed by atoms with Crippen molar-refractivity contribution in [1.29, 1.82) is 0 Å². The molecular weight excluding hydrogens is 408 g/mol. The highest BCUT2D eigenvalue weighted by molar-refractivity contribution is 7.93. The maximum absolute atomic E-state index is 12.5. The van der Waals surface area contributed by atoms with Crippen molar-refractivity contribution in [1.82, 2.24) is 0 Å². The van der Waals surface area contributed by atoms with Crippen molar-refractivity contribution in [3.8, 4) is 0 Å². The number of carbonyl (C=O) groups excluding carboxylic acids is 1. The van der Waals surface area contributed by atoms with Crippen LogP contribution in [0.3, 0.4) is 0 Å². The number of halogens is 1. The van der Waals surface area contributed by atoms with Crippen molar-refractivity contribution in [2.45, 2.75) is 33.1 Å². The lowest BCUT2D eigenvalue weighted by atomic mass is 10.0. The van der Waals surface area contributed by atoms with Crippen LogP contribution in [-0.4, -0.2) is 26.6 Å². The molecule has 0 bridgehead atoms. The molecule has 2 aromatic carbocycles.